The maximum atomic E-state index is 11.8. The maximum Gasteiger partial charge on any atom is 0.320 e. The van der Waals surface area contributed by atoms with Gasteiger partial charge in [0.25, 0.3) is 0 Å². The second kappa shape index (κ2) is 6.88. The molecule has 6 nitrogen and oxygen atoms in total. The molecule has 2 aliphatic heterocycles. The van der Waals surface area contributed by atoms with Crippen LogP contribution in [0.5, 0.6) is 17.2 Å². The van der Waals surface area contributed by atoms with Crippen LogP contribution in [-0.2, 0) is 4.79 Å². The Kier molecular flexibility index (Phi) is 4.42. The number of methoxy groups -OCH3 is 1. The summed E-state index contributed by atoms with van der Waals surface area (Å²) in [5.41, 5.74) is 1.91. The first-order valence-corrected chi connectivity index (χ1v) is 8.70. The molecule has 4 rings (SSSR count). The predicted molar refractivity (Wildman–Crippen MR) is 94.8 cm³/mol. The van der Waals surface area contributed by atoms with E-state index >= 15 is 0 Å². The lowest BCUT2D eigenvalue weighted by molar-refractivity contribution is -0.142. The summed E-state index contributed by atoms with van der Waals surface area (Å²) in [5, 5.41) is 9.69. The number of para-hydroxylation sites is 1. The molecule has 0 aromatic heterocycles. The van der Waals surface area contributed by atoms with Crippen molar-refractivity contribution in [3.05, 3.63) is 53.6 Å². The molecular weight excluding hydrogens is 334 g/mol. The van der Waals surface area contributed by atoms with Crippen LogP contribution in [0.1, 0.15) is 30.0 Å². The van der Waals surface area contributed by atoms with Gasteiger partial charge in [-0.05, 0) is 36.6 Å². The zero-order valence-corrected chi connectivity index (χ0v) is 14.6. The van der Waals surface area contributed by atoms with Gasteiger partial charge in [0, 0.05) is 12.1 Å². The van der Waals surface area contributed by atoms with Crippen LogP contribution in [0, 0.1) is 0 Å². The minimum absolute atomic E-state index is 0.208. The van der Waals surface area contributed by atoms with Gasteiger partial charge in [-0.1, -0.05) is 24.3 Å². The number of nitrogens with zero attached hydrogens (tertiary/aromatic N) is 1. The number of carbonyl (C=O) groups is 1. The van der Waals surface area contributed by atoms with E-state index in [1.165, 1.54) is 0 Å². The topological polar surface area (TPSA) is 68.2 Å². The molecular formula is C20H21NO5. The minimum Gasteiger partial charge on any atom is -0.496 e. The highest BCUT2D eigenvalue weighted by molar-refractivity contribution is 5.74. The normalized spacial score (nSPS) is 20.1. The molecule has 0 aliphatic carbocycles. The average Bonchev–Trinajstić information content (AvgIpc) is 3.31. The lowest BCUT2D eigenvalue weighted by Crippen LogP contribution is -2.39. The third kappa shape index (κ3) is 2.86. The molecule has 6 heteroatoms. The standard InChI is InChI=1S/C20H21NO5/c1-24-16-7-3-2-5-14(16)19(21-10-4-6-15(21)20(22)23)13-8-9-17-18(11-13)26-12-25-17/h2-3,5,7-9,11,15,19H,4,6,10,12H2,1H3,(H,22,23). The Balaban J connectivity index is 1.83. The van der Waals surface area contributed by atoms with Crippen LogP contribution in [0.3, 0.4) is 0 Å². The molecule has 0 radical (unpaired) electrons. The number of carboxylic acids is 1. The highest BCUT2D eigenvalue weighted by Crippen LogP contribution is 2.42. The highest BCUT2D eigenvalue weighted by atomic mass is 16.7. The molecule has 1 saturated heterocycles. The molecule has 2 atom stereocenters. The van der Waals surface area contributed by atoms with E-state index in [1.54, 1.807) is 7.11 Å². The Morgan fingerprint density at radius 1 is 1.23 bits per heavy atom. The number of hydrogen-bond acceptors (Lipinski definition) is 5. The summed E-state index contributed by atoms with van der Waals surface area (Å²) in [6.07, 6.45) is 1.50. The predicted octanol–water partition coefficient (Wildman–Crippen LogP) is 3.06. The molecule has 2 aromatic carbocycles. The molecule has 0 spiro atoms. The molecule has 0 saturated carbocycles. The van der Waals surface area contributed by atoms with Gasteiger partial charge in [-0.3, -0.25) is 9.69 Å². The summed E-state index contributed by atoms with van der Waals surface area (Å²) in [6.45, 7) is 0.924. The van der Waals surface area contributed by atoms with E-state index < -0.39 is 12.0 Å². The van der Waals surface area contributed by atoms with E-state index in [9.17, 15) is 9.90 Å². The van der Waals surface area contributed by atoms with Crippen molar-refractivity contribution in [1.29, 1.82) is 0 Å². The zero-order valence-electron chi connectivity index (χ0n) is 14.6. The zero-order chi connectivity index (χ0) is 18.1. The second-order valence-electron chi connectivity index (χ2n) is 6.49. The number of ether oxygens (including phenoxy) is 3. The average molecular weight is 355 g/mol. The van der Waals surface area contributed by atoms with Crippen molar-refractivity contribution in [3.8, 4) is 17.2 Å². The smallest absolute Gasteiger partial charge is 0.320 e. The van der Waals surface area contributed by atoms with Crippen LogP contribution in [0.25, 0.3) is 0 Å². The third-order valence-corrected chi connectivity index (χ3v) is 5.06. The first-order valence-electron chi connectivity index (χ1n) is 8.70. The van der Waals surface area contributed by atoms with Crippen molar-refractivity contribution in [3.63, 3.8) is 0 Å². The largest absolute Gasteiger partial charge is 0.496 e. The van der Waals surface area contributed by atoms with Crippen LogP contribution in [0.15, 0.2) is 42.5 Å². The molecule has 2 aromatic rings. The molecule has 26 heavy (non-hydrogen) atoms. The number of fused-ring (bicyclic) bond motifs is 1. The maximum absolute atomic E-state index is 11.8. The number of carboxylic acid groups (broad SMARTS) is 1. The molecule has 0 amide bonds. The summed E-state index contributed by atoms with van der Waals surface area (Å²) >= 11 is 0. The summed E-state index contributed by atoms with van der Waals surface area (Å²) in [5.74, 6) is 1.35. The van der Waals surface area contributed by atoms with E-state index in [2.05, 4.69) is 0 Å². The van der Waals surface area contributed by atoms with Crippen LogP contribution >= 0.6 is 0 Å². The Morgan fingerprint density at radius 2 is 2.04 bits per heavy atom. The van der Waals surface area contributed by atoms with Crippen molar-refractivity contribution in [2.75, 3.05) is 20.4 Å². The third-order valence-electron chi connectivity index (χ3n) is 5.06. The fourth-order valence-corrected chi connectivity index (χ4v) is 3.89. The lowest BCUT2D eigenvalue weighted by atomic mass is 9.95. The fourth-order valence-electron chi connectivity index (χ4n) is 3.89. The summed E-state index contributed by atoms with van der Waals surface area (Å²) in [6, 6.07) is 12.8. The highest BCUT2D eigenvalue weighted by Gasteiger charge is 2.38. The molecule has 136 valence electrons. The Hall–Kier alpha value is -2.73. The van der Waals surface area contributed by atoms with E-state index in [4.69, 9.17) is 14.2 Å². The van der Waals surface area contributed by atoms with Crippen LogP contribution in [0.2, 0.25) is 0 Å². The summed E-state index contributed by atoms with van der Waals surface area (Å²) < 4.78 is 16.5. The molecule has 2 aliphatic rings. The quantitative estimate of drug-likeness (QED) is 0.889. The van der Waals surface area contributed by atoms with Crippen LogP contribution in [-0.4, -0.2) is 42.5 Å². The molecule has 1 N–H and O–H groups in total. The van der Waals surface area contributed by atoms with E-state index in [0.717, 1.165) is 23.3 Å². The van der Waals surface area contributed by atoms with Crippen molar-refractivity contribution < 1.29 is 24.1 Å². The van der Waals surface area contributed by atoms with Gasteiger partial charge in [-0.2, -0.15) is 0 Å². The van der Waals surface area contributed by atoms with Gasteiger partial charge in [-0.25, -0.2) is 0 Å². The van der Waals surface area contributed by atoms with Crippen molar-refractivity contribution in [1.82, 2.24) is 4.90 Å². The number of aliphatic carboxylic acids is 1. The summed E-state index contributed by atoms with van der Waals surface area (Å²) in [4.78, 5) is 13.8. The van der Waals surface area contributed by atoms with Gasteiger partial charge in [0.2, 0.25) is 6.79 Å². The number of rotatable bonds is 5. The SMILES string of the molecule is COc1ccccc1C(c1ccc2c(c1)OCO2)N1CCCC1C(=O)O. The fraction of sp³-hybridized carbons (Fsp3) is 0.350. The first-order chi connectivity index (χ1) is 12.7. The number of likely N-dealkylation sites (tertiary alicyclic amines) is 1. The molecule has 1 fully saturated rings. The van der Waals surface area contributed by atoms with Gasteiger partial charge in [0.1, 0.15) is 11.8 Å². The van der Waals surface area contributed by atoms with Crippen molar-refractivity contribution >= 4 is 5.97 Å². The number of hydrogen-bond donors (Lipinski definition) is 1. The molecule has 0 bridgehead atoms. The first kappa shape index (κ1) is 16.7. The van der Waals surface area contributed by atoms with Gasteiger partial charge in [0.05, 0.1) is 13.2 Å². The Labute approximate surface area is 151 Å². The van der Waals surface area contributed by atoms with E-state index in [0.29, 0.717) is 24.5 Å². The van der Waals surface area contributed by atoms with Crippen molar-refractivity contribution in [2.24, 2.45) is 0 Å². The summed E-state index contributed by atoms with van der Waals surface area (Å²) in [7, 11) is 1.63. The molecule has 2 heterocycles. The number of benzene rings is 2. The minimum atomic E-state index is -0.789. The van der Waals surface area contributed by atoms with E-state index in [-0.39, 0.29) is 12.8 Å². The lowest BCUT2D eigenvalue weighted by Gasteiger charge is -2.32. The van der Waals surface area contributed by atoms with Crippen LogP contribution < -0.4 is 14.2 Å². The molecule has 2 unspecified atom stereocenters. The van der Waals surface area contributed by atoms with Gasteiger partial charge >= 0.3 is 5.97 Å². The van der Waals surface area contributed by atoms with Gasteiger partial charge in [0.15, 0.2) is 11.5 Å². The Bertz CT molecular complexity index is 822. The second-order valence-corrected chi connectivity index (χ2v) is 6.49. The van der Waals surface area contributed by atoms with E-state index in [1.807, 2.05) is 47.4 Å². The van der Waals surface area contributed by atoms with Crippen molar-refractivity contribution in [2.45, 2.75) is 24.9 Å². The van der Waals surface area contributed by atoms with Gasteiger partial charge in [-0.15, -0.1) is 0 Å². The van der Waals surface area contributed by atoms with Crippen LogP contribution in [0.4, 0.5) is 0 Å². The monoisotopic (exact) mass is 355 g/mol. The van der Waals surface area contributed by atoms with Gasteiger partial charge < -0.3 is 19.3 Å². The Morgan fingerprint density at radius 3 is 2.85 bits per heavy atom.